The molecule has 0 aliphatic heterocycles. The Morgan fingerprint density at radius 3 is 2.26 bits per heavy atom. The lowest BCUT2D eigenvalue weighted by atomic mass is 10.1. The summed E-state index contributed by atoms with van der Waals surface area (Å²) in [6.45, 7) is 0. The summed E-state index contributed by atoms with van der Waals surface area (Å²) in [5.74, 6) is -2.64. The molecule has 94 valence electrons. The number of hydrogen-bond acceptors (Lipinski definition) is 6. The fourth-order valence-electron chi connectivity index (χ4n) is 1.14. The number of aromatic carboxylic acids is 2. The van der Waals surface area contributed by atoms with Crippen LogP contribution in [0.1, 0.15) is 20.7 Å². The first-order valence-corrected chi connectivity index (χ1v) is 4.74. The molecule has 0 saturated heterocycles. The van der Waals surface area contributed by atoms with Gasteiger partial charge in [-0.3, -0.25) is 5.43 Å². The predicted molar refractivity (Wildman–Crippen MR) is 62.6 cm³/mol. The number of anilines is 1. The molecule has 0 spiro atoms. The van der Waals surface area contributed by atoms with Crippen LogP contribution in [0.4, 0.5) is 5.69 Å². The van der Waals surface area contributed by atoms with E-state index in [4.69, 9.17) is 20.7 Å². The highest BCUT2D eigenvalue weighted by Crippen LogP contribution is 2.18. The minimum Gasteiger partial charge on any atom is -0.478 e. The van der Waals surface area contributed by atoms with Crippen LogP contribution in [0, 0.1) is 22.7 Å². The third kappa shape index (κ3) is 3.28. The highest BCUT2D eigenvalue weighted by Gasteiger charge is 2.13. The Bertz CT molecular complexity index is 636. The van der Waals surface area contributed by atoms with Gasteiger partial charge in [0.05, 0.1) is 16.8 Å². The zero-order valence-corrected chi connectivity index (χ0v) is 9.28. The summed E-state index contributed by atoms with van der Waals surface area (Å²) < 4.78 is 0. The van der Waals surface area contributed by atoms with Gasteiger partial charge in [0.1, 0.15) is 12.1 Å². The SMILES string of the molecule is N#CC(C#N)=NNc1ccc(C(=O)O)cc1C(=O)O. The normalized spacial score (nSPS) is 8.74. The van der Waals surface area contributed by atoms with E-state index in [9.17, 15) is 9.59 Å². The Balaban J connectivity index is 3.19. The van der Waals surface area contributed by atoms with Crippen LogP contribution in [0.2, 0.25) is 0 Å². The van der Waals surface area contributed by atoms with Crippen molar-refractivity contribution in [2.24, 2.45) is 5.10 Å². The molecule has 0 unspecified atom stereocenters. The van der Waals surface area contributed by atoms with Gasteiger partial charge < -0.3 is 10.2 Å². The molecule has 0 heterocycles. The van der Waals surface area contributed by atoms with Crippen molar-refractivity contribution < 1.29 is 19.8 Å². The third-order valence-corrected chi connectivity index (χ3v) is 2.00. The quantitative estimate of drug-likeness (QED) is 0.536. The predicted octanol–water partition coefficient (Wildman–Crippen LogP) is 0.898. The van der Waals surface area contributed by atoms with E-state index >= 15 is 0 Å². The highest BCUT2D eigenvalue weighted by atomic mass is 16.4. The number of hydrazone groups is 1. The van der Waals surface area contributed by atoms with Crippen molar-refractivity contribution in [3.63, 3.8) is 0 Å². The number of nitrogens with one attached hydrogen (secondary N) is 1. The number of carboxylic acid groups (broad SMARTS) is 2. The van der Waals surface area contributed by atoms with Crippen LogP contribution in [-0.4, -0.2) is 27.9 Å². The molecule has 0 fully saturated rings. The Labute approximate surface area is 106 Å². The summed E-state index contributed by atoms with van der Waals surface area (Å²) in [6, 6.07) is 6.27. The number of nitrogens with zero attached hydrogens (tertiary/aromatic N) is 3. The smallest absolute Gasteiger partial charge is 0.337 e. The molecule has 0 bridgehead atoms. The lowest BCUT2D eigenvalue weighted by Gasteiger charge is -2.05. The summed E-state index contributed by atoms with van der Waals surface area (Å²) in [5, 5.41) is 38.0. The molecule has 3 N–H and O–H groups in total. The molecule has 0 aliphatic carbocycles. The zero-order valence-electron chi connectivity index (χ0n) is 9.28. The largest absolute Gasteiger partial charge is 0.478 e. The molecule has 0 radical (unpaired) electrons. The number of nitriles is 2. The van der Waals surface area contributed by atoms with Crippen molar-refractivity contribution in [3.8, 4) is 12.1 Å². The first-order chi connectivity index (χ1) is 8.99. The highest BCUT2D eigenvalue weighted by molar-refractivity contribution is 6.10. The number of benzene rings is 1. The van der Waals surface area contributed by atoms with Gasteiger partial charge in [-0.1, -0.05) is 0 Å². The van der Waals surface area contributed by atoms with Crippen molar-refractivity contribution in [3.05, 3.63) is 29.3 Å². The van der Waals surface area contributed by atoms with Crippen LogP contribution in [0.25, 0.3) is 0 Å². The van der Waals surface area contributed by atoms with Gasteiger partial charge in [-0.05, 0) is 18.2 Å². The first-order valence-electron chi connectivity index (χ1n) is 4.74. The summed E-state index contributed by atoms with van der Waals surface area (Å²) in [6.07, 6.45) is 0. The van der Waals surface area contributed by atoms with Crippen molar-refractivity contribution in [1.82, 2.24) is 0 Å². The second-order valence-corrected chi connectivity index (χ2v) is 3.17. The van der Waals surface area contributed by atoms with Crippen molar-refractivity contribution in [1.29, 1.82) is 10.5 Å². The second kappa shape index (κ2) is 5.80. The number of carboxylic acids is 2. The molecule has 0 saturated carbocycles. The van der Waals surface area contributed by atoms with Crippen LogP contribution >= 0.6 is 0 Å². The molecular weight excluding hydrogens is 252 g/mol. The van der Waals surface area contributed by atoms with Crippen LogP contribution in [0.5, 0.6) is 0 Å². The third-order valence-electron chi connectivity index (χ3n) is 2.00. The molecule has 1 rings (SSSR count). The van der Waals surface area contributed by atoms with E-state index in [1.807, 2.05) is 0 Å². The van der Waals surface area contributed by atoms with E-state index in [0.717, 1.165) is 6.07 Å². The van der Waals surface area contributed by atoms with Gasteiger partial charge in [-0.2, -0.15) is 15.6 Å². The van der Waals surface area contributed by atoms with Crippen LogP contribution in [0.15, 0.2) is 23.3 Å². The molecule has 19 heavy (non-hydrogen) atoms. The average Bonchev–Trinajstić information content (AvgIpc) is 2.39. The number of hydrogen-bond donors (Lipinski definition) is 3. The van der Waals surface area contributed by atoms with Crippen LogP contribution in [0.3, 0.4) is 0 Å². The van der Waals surface area contributed by atoms with E-state index < -0.39 is 17.7 Å². The number of carbonyl (C=O) groups is 2. The van der Waals surface area contributed by atoms with Gasteiger partial charge in [-0.25, -0.2) is 9.59 Å². The lowest BCUT2D eigenvalue weighted by molar-refractivity contribution is 0.0696. The van der Waals surface area contributed by atoms with E-state index in [-0.39, 0.29) is 16.8 Å². The second-order valence-electron chi connectivity index (χ2n) is 3.17. The fourth-order valence-corrected chi connectivity index (χ4v) is 1.14. The van der Waals surface area contributed by atoms with E-state index in [2.05, 4.69) is 10.5 Å². The van der Waals surface area contributed by atoms with Gasteiger partial charge in [-0.15, -0.1) is 0 Å². The Morgan fingerprint density at radius 1 is 1.16 bits per heavy atom. The van der Waals surface area contributed by atoms with Gasteiger partial charge in [0, 0.05) is 0 Å². The Hall–Kier alpha value is -3.39. The molecule has 1 aromatic rings. The maximum absolute atomic E-state index is 11.0. The zero-order chi connectivity index (χ0) is 14.4. The van der Waals surface area contributed by atoms with E-state index in [0.29, 0.717) is 0 Å². The molecule has 0 aliphatic rings. The average molecular weight is 258 g/mol. The maximum Gasteiger partial charge on any atom is 0.337 e. The minimum atomic E-state index is -1.36. The molecule has 8 nitrogen and oxygen atoms in total. The Morgan fingerprint density at radius 2 is 1.79 bits per heavy atom. The van der Waals surface area contributed by atoms with E-state index in [1.54, 1.807) is 0 Å². The molecule has 1 aromatic carbocycles. The van der Waals surface area contributed by atoms with Gasteiger partial charge >= 0.3 is 11.9 Å². The van der Waals surface area contributed by atoms with Gasteiger partial charge in [0.2, 0.25) is 5.71 Å². The Kier molecular flexibility index (Phi) is 4.17. The summed E-state index contributed by atoms with van der Waals surface area (Å²) in [4.78, 5) is 21.7. The molecule has 0 amide bonds. The molecule has 8 heteroatoms. The monoisotopic (exact) mass is 258 g/mol. The first kappa shape index (κ1) is 13.7. The fraction of sp³-hybridized carbons (Fsp3) is 0. The summed E-state index contributed by atoms with van der Waals surface area (Å²) in [7, 11) is 0. The van der Waals surface area contributed by atoms with E-state index in [1.165, 1.54) is 24.3 Å². The van der Waals surface area contributed by atoms with Gasteiger partial charge in [0.25, 0.3) is 0 Å². The minimum absolute atomic E-state index is 0.0273. The van der Waals surface area contributed by atoms with Crippen LogP contribution in [-0.2, 0) is 0 Å². The standard InChI is InChI=1S/C11H6N4O4/c12-4-7(5-13)14-15-9-2-1-6(10(16)17)3-8(9)11(18)19/h1-3,15H,(H,16,17)(H,18,19). The van der Waals surface area contributed by atoms with Crippen molar-refractivity contribution >= 4 is 23.3 Å². The number of rotatable bonds is 4. The van der Waals surface area contributed by atoms with Crippen LogP contribution < -0.4 is 5.43 Å². The van der Waals surface area contributed by atoms with Gasteiger partial charge in [0.15, 0.2) is 0 Å². The topological polar surface area (TPSA) is 147 Å². The maximum atomic E-state index is 11.0. The summed E-state index contributed by atoms with van der Waals surface area (Å²) >= 11 is 0. The molecule has 0 atom stereocenters. The van der Waals surface area contributed by atoms with Crippen molar-refractivity contribution in [2.75, 3.05) is 5.43 Å². The van der Waals surface area contributed by atoms with Crippen molar-refractivity contribution in [2.45, 2.75) is 0 Å². The summed E-state index contributed by atoms with van der Waals surface area (Å²) in [5.41, 5.74) is 1.18. The lowest BCUT2D eigenvalue weighted by Crippen LogP contribution is -2.07. The molecule has 0 aromatic heterocycles. The molecular formula is C11H6N4O4.